The van der Waals surface area contributed by atoms with Crippen LogP contribution in [0.5, 0.6) is 0 Å². The van der Waals surface area contributed by atoms with E-state index in [1.807, 2.05) is 19.1 Å². The molecule has 0 amide bonds. The average Bonchev–Trinajstić information content (AvgIpc) is 2.24. The van der Waals surface area contributed by atoms with E-state index in [9.17, 15) is 0 Å². The molecule has 0 spiro atoms. The molecule has 1 heterocycles. The maximum atomic E-state index is 5.20. The minimum Gasteiger partial charge on any atom is -0.326 e. The SMILES string of the molecule is COC(OC)(OC)c1ncccc1C. The van der Waals surface area contributed by atoms with Crippen LogP contribution in [0.2, 0.25) is 0 Å². The topological polar surface area (TPSA) is 40.6 Å². The van der Waals surface area contributed by atoms with Gasteiger partial charge < -0.3 is 14.2 Å². The lowest BCUT2D eigenvalue weighted by Crippen LogP contribution is -2.34. The molecule has 0 fully saturated rings. The molecule has 0 N–H and O–H groups in total. The Morgan fingerprint density at radius 1 is 1.14 bits per heavy atom. The van der Waals surface area contributed by atoms with E-state index < -0.39 is 5.97 Å². The zero-order valence-electron chi connectivity index (χ0n) is 8.90. The van der Waals surface area contributed by atoms with Crippen LogP contribution >= 0.6 is 0 Å². The first-order chi connectivity index (χ1) is 6.70. The molecule has 0 aliphatic rings. The molecule has 0 aromatic carbocycles. The van der Waals surface area contributed by atoms with Crippen LogP contribution in [0, 0.1) is 6.92 Å². The lowest BCUT2D eigenvalue weighted by atomic mass is 10.2. The molecule has 0 unspecified atom stereocenters. The Morgan fingerprint density at radius 3 is 2.14 bits per heavy atom. The summed E-state index contributed by atoms with van der Waals surface area (Å²) < 4.78 is 15.6. The summed E-state index contributed by atoms with van der Waals surface area (Å²) in [7, 11) is 4.54. The van der Waals surface area contributed by atoms with E-state index >= 15 is 0 Å². The maximum absolute atomic E-state index is 5.20. The number of hydrogen-bond donors (Lipinski definition) is 0. The number of pyridine rings is 1. The summed E-state index contributed by atoms with van der Waals surface area (Å²) in [5.74, 6) is -1.20. The lowest BCUT2D eigenvalue weighted by Gasteiger charge is -2.28. The molecule has 0 saturated heterocycles. The van der Waals surface area contributed by atoms with Crippen molar-refractivity contribution in [2.75, 3.05) is 21.3 Å². The van der Waals surface area contributed by atoms with Gasteiger partial charge in [-0.05, 0) is 18.6 Å². The van der Waals surface area contributed by atoms with Gasteiger partial charge in [0.25, 0.3) is 0 Å². The van der Waals surface area contributed by atoms with Crippen LogP contribution in [0.25, 0.3) is 0 Å². The molecule has 0 radical (unpaired) electrons. The van der Waals surface area contributed by atoms with Crippen molar-refractivity contribution in [3.63, 3.8) is 0 Å². The van der Waals surface area contributed by atoms with E-state index in [0.29, 0.717) is 5.69 Å². The minimum absolute atomic E-state index is 0.632. The molecule has 1 rings (SSSR count). The number of nitrogens with zero attached hydrogens (tertiary/aromatic N) is 1. The Hall–Kier alpha value is -0.970. The first-order valence-corrected chi connectivity index (χ1v) is 4.27. The molecule has 78 valence electrons. The van der Waals surface area contributed by atoms with E-state index in [2.05, 4.69) is 4.98 Å². The van der Waals surface area contributed by atoms with Crippen molar-refractivity contribution in [1.29, 1.82) is 0 Å². The third kappa shape index (κ3) is 1.77. The first kappa shape index (κ1) is 11.1. The molecule has 0 saturated carbocycles. The van der Waals surface area contributed by atoms with Gasteiger partial charge in [0, 0.05) is 27.5 Å². The molecule has 1 aromatic heterocycles. The second-order valence-electron chi connectivity index (χ2n) is 2.84. The van der Waals surface area contributed by atoms with E-state index in [1.165, 1.54) is 21.3 Å². The van der Waals surface area contributed by atoms with Crippen LogP contribution < -0.4 is 0 Å². The first-order valence-electron chi connectivity index (χ1n) is 4.27. The van der Waals surface area contributed by atoms with Gasteiger partial charge in [0.05, 0.1) is 0 Å². The highest BCUT2D eigenvalue weighted by Gasteiger charge is 2.35. The van der Waals surface area contributed by atoms with Gasteiger partial charge in [0.2, 0.25) is 0 Å². The summed E-state index contributed by atoms with van der Waals surface area (Å²) >= 11 is 0. The number of ether oxygens (including phenoxy) is 3. The smallest absolute Gasteiger partial charge is 0.326 e. The van der Waals surface area contributed by atoms with Crippen molar-refractivity contribution in [2.45, 2.75) is 12.9 Å². The van der Waals surface area contributed by atoms with Crippen LogP contribution in [-0.2, 0) is 20.2 Å². The zero-order chi connectivity index (χ0) is 10.6. The quantitative estimate of drug-likeness (QED) is 0.685. The predicted octanol–water partition coefficient (Wildman–Crippen LogP) is 1.44. The van der Waals surface area contributed by atoms with Gasteiger partial charge in [0.1, 0.15) is 5.69 Å². The Kier molecular flexibility index (Phi) is 3.57. The van der Waals surface area contributed by atoms with E-state index in [4.69, 9.17) is 14.2 Å². The van der Waals surface area contributed by atoms with Crippen LogP contribution in [0.15, 0.2) is 18.3 Å². The Bertz CT molecular complexity index is 289. The fourth-order valence-electron chi connectivity index (χ4n) is 1.35. The minimum atomic E-state index is -1.20. The van der Waals surface area contributed by atoms with Gasteiger partial charge in [-0.15, -0.1) is 0 Å². The van der Waals surface area contributed by atoms with Crippen molar-refractivity contribution < 1.29 is 14.2 Å². The van der Waals surface area contributed by atoms with Gasteiger partial charge in [-0.2, -0.15) is 0 Å². The fourth-order valence-corrected chi connectivity index (χ4v) is 1.35. The summed E-state index contributed by atoms with van der Waals surface area (Å²) in [6.45, 7) is 1.92. The Morgan fingerprint density at radius 2 is 1.71 bits per heavy atom. The molecule has 4 heteroatoms. The summed E-state index contributed by atoms with van der Waals surface area (Å²) in [5, 5.41) is 0. The molecular weight excluding hydrogens is 182 g/mol. The Labute approximate surface area is 83.8 Å². The number of aryl methyl sites for hydroxylation is 1. The normalized spacial score (nSPS) is 11.7. The van der Waals surface area contributed by atoms with Gasteiger partial charge >= 0.3 is 5.97 Å². The lowest BCUT2D eigenvalue weighted by molar-refractivity contribution is -0.367. The molecule has 0 bridgehead atoms. The van der Waals surface area contributed by atoms with Gasteiger partial charge in [-0.3, -0.25) is 4.98 Å². The van der Waals surface area contributed by atoms with Gasteiger partial charge in [0.15, 0.2) is 0 Å². The van der Waals surface area contributed by atoms with Crippen molar-refractivity contribution in [3.8, 4) is 0 Å². The van der Waals surface area contributed by atoms with E-state index in [-0.39, 0.29) is 0 Å². The number of hydrogen-bond acceptors (Lipinski definition) is 4. The molecule has 0 aliphatic heterocycles. The third-order valence-electron chi connectivity index (χ3n) is 2.11. The van der Waals surface area contributed by atoms with E-state index in [0.717, 1.165) is 5.56 Å². The Balaban J connectivity index is 3.17. The van der Waals surface area contributed by atoms with Crippen LogP contribution in [0.1, 0.15) is 11.3 Å². The van der Waals surface area contributed by atoms with Crippen LogP contribution in [0.4, 0.5) is 0 Å². The predicted molar refractivity (Wildman–Crippen MR) is 51.7 cm³/mol. The summed E-state index contributed by atoms with van der Waals surface area (Å²) in [6, 6.07) is 3.78. The van der Waals surface area contributed by atoms with Crippen molar-refractivity contribution in [1.82, 2.24) is 4.98 Å². The highest BCUT2D eigenvalue weighted by atomic mass is 16.9. The maximum Gasteiger partial charge on any atom is 0.329 e. The highest BCUT2D eigenvalue weighted by Crippen LogP contribution is 2.27. The summed E-state index contributed by atoms with van der Waals surface area (Å²) in [4.78, 5) is 4.19. The molecule has 14 heavy (non-hydrogen) atoms. The fraction of sp³-hybridized carbons (Fsp3) is 0.500. The monoisotopic (exact) mass is 197 g/mol. The van der Waals surface area contributed by atoms with Crippen LogP contribution in [-0.4, -0.2) is 26.3 Å². The molecule has 4 nitrogen and oxygen atoms in total. The van der Waals surface area contributed by atoms with Crippen LogP contribution in [0.3, 0.4) is 0 Å². The molecule has 0 aliphatic carbocycles. The number of rotatable bonds is 4. The van der Waals surface area contributed by atoms with Gasteiger partial charge in [-0.1, -0.05) is 6.07 Å². The zero-order valence-corrected chi connectivity index (χ0v) is 8.90. The standard InChI is InChI=1S/C10H15NO3/c1-8-6-5-7-11-9(8)10(12-2,13-3)14-4/h5-7H,1-4H3. The summed E-state index contributed by atoms with van der Waals surface area (Å²) in [5.41, 5.74) is 1.59. The summed E-state index contributed by atoms with van der Waals surface area (Å²) in [6.07, 6.45) is 1.67. The molecular formula is C10H15NO3. The van der Waals surface area contributed by atoms with Crippen molar-refractivity contribution >= 4 is 0 Å². The molecule has 0 atom stereocenters. The average molecular weight is 197 g/mol. The van der Waals surface area contributed by atoms with E-state index in [1.54, 1.807) is 6.20 Å². The third-order valence-corrected chi connectivity index (χ3v) is 2.11. The van der Waals surface area contributed by atoms with Gasteiger partial charge in [-0.25, -0.2) is 0 Å². The number of aromatic nitrogens is 1. The second kappa shape index (κ2) is 4.50. The van der Waals surface area contributed by atoms with Crippen molar-refractivity contribution in [2.24, 2.45) is 0 Å². The second-order valence-corrected chi connectivity index (χ2v) is 2.84. The molecule has 1 aromatic rings. The number of methoxy groups -OCH3 is 3. The van der Waals surface area contributed by atoms with Crippen molar-refractivity contribution in [3.05, 3.63) is 29.6 Å². The highest BCUT2D eigenvalue weighted by molar-refractivity contribution is 5.20. The largest absolute Gasteiger partial charge is 0.329 e.